The van der Waals surface area contributed by atoms with Gasteiger partial charge in [-0.25, -0.2) is 0 Å². The fourth-order valence-corrected chi connectivity index (χ4v) is 0.988. The highest BCUT2D eigenvalue weighted by atomic mass is 16.0. The van der Waals surface area contributed by atoms with Crippen LogP contribution < -0.4 is 10.6 Å². The Morgan fingerprint density at radius 1 is 0.538 bits per heavy atom. The Kier molecular flexibility index (Phi) is 8.55. The van der Waals surface area contributed by atoms with Crippen LogP contribution in [0.1, 0.15) is 0 Å². The number of hydrogen-bond acceptors (Lipinski definition) is 2. The lowest BCUT2D eigenvalue weighted by Crippen LogP contribution is -2.39. The van der Waals surface area contributed by atoms with Crippen molar-refractivity contribution in [1.82, 2.24) is 10.6 Å². The predicted molar refractivity (Wildman–Crippen MR) is 55.8 cm³/mol. The van der Waals surface area contributed by atoms with Gasteiger partial charge in [-0.3, -0.25) is 0 Å². The van der Waals surface area contributed by atoms with Gasteiger partial charge < -0.3 is 16.1 Å². The number of rotatable bonds is 0. The topological polar surface area (TPSA) is 55.6 Å². The number of nitrogens with one attached hydrogen (secondary N) is 2. The quantitative estimate of drug-likeness (QED) is 0.595. The van der Waals surface area contributed by atoms with Gasteiger partial charge >= 0.3 is 0 Å². The summed E-state index contributed by atoms with van der Waals surface area (Å²) in [5, 5.41) is 6.44. The number of benzene rings is 1. The molecular weight excluding hydrogens is 164 g/mol. The van der Waals surface area contributed by atoms with Crippen molar-refractivity contribution in [2.45, 2.75) is 0 Å². The zero-order valence-corrected chi connectivity index (χ0v) is 7.79. The van der Waals surface area contributed by atoms with Crippen molar-refractivity contribution in [2.24, 2.45) is 0 Å². The third kappa shape index (κ3) is 7.46. The molecule has 4 N–H and O–H groups in total. The largest absolute Gasteiger partial charge is 0.412 e. The highest BCUT2D eigenvalue weighted by Crippen LogP contribution is 1.79. The maximum atomic E-state index is 3.22. The van der Waals surface area contributed by atoms with Crippen LogP contribution in [0.2, 0.25) is 0 Å². The molecule has 0 amide bonds. The summed E-state index contributed by atoms with van der Waals surface area (Å²) in [5.74, 6) is 0. The average molecular weight is 182 g/mol. The second-order valence-corrected chi connectivity index (χ2v) is 2.65. The summed E-state index contributed by atoms with van der Waals surface area (Å²) in [4.78, 5) is 0. The van der Waals surface area contributed by atoms with Crippen molar-refractivity contribution in [3.63, 3.8) is 0 Å². The van der Waals surface area contributed by atoms with E-state index in [1.165, 1.54) is 0 Å². The summed E-state index contributed by atoms with van der Waals surface area (Å²) in [6.45, 7) is 4.56. The lowest BCUT2D eigenvalue weighted by molar-refractivity contribution is 0.534. The summed E-state index contributed by atoms with van der Waals surface area (Å²) in [7, 11) is 0. The molecule has 1 fully saturated rings. The van der Waals surface area contributed by atoms with E-state index in [1.807, 2.05) is 36.4 Å². The highest BCUT2D eigenvalue weighted by Gasteiger charge is 1.91. The van der Waals surface area contributed by atoms with Crippen molar-refractivity contribution in [1.29, 1.82) is 0 Å². The van der Waals surface area contributed by atoms with E-state index in [0.29, 0.717) is 0 Å². The Morgan fingerprint density at radius 2 is 0.769 bits per heavy atom. The van der Waals surface area contributed by atoms with Crippen LogP contribution in [0.25, 0.3) is 0 Å². The second kappa shape index (κ2) is 9.19. The monoisotopic (exact) mass is 182 g/mol. The van der Waals surface area contributed by atoms with E-state index in [-0.39, 0.29) is 5.48 Å². The van der Waals surface area contributed by atoms with Crippen molar-refractivity contribution < 1.29 is 5.48 Å². The van der Waals surface area contributed by atoms with Crippen LogP contribution in [0, 0.1) is 0 Å². The molecule has 0 saturated carbocycles. The minimum Gasteiger partial charge on any atom is -0.412 e. The van der Waals surface area contributed by atoms with Crippen LogP contribution in [0.15, 0.2) is 36.4 Å². The molecule has 0 aliphatic carbocycles. The Balaban J connectivity index is 0.000000206. The normalized spacial score (nSPS) is 14.8. The van der Waals surface area contributed by atoms with Crippen molar-refractivity contribution in [3.8, 4) is 0 Å². The maximum absolute atomic E-state index is 3.22. The Morgan fingerprint density at radius 3 is 0.923 bits per heavy atom. The first kappa shape index (κ1) is 12.1. The summed E-state index contributed by atoms with van der Waals surface area (Å²) in [6, 6.07) is 12.0. The van der Waals surface area contributed by atoms with Gasteiger partial charge in [0.25, 0.3) is 0 Å². The van der Waals surface area contributed by atoms with E-state index < -0.39 is 0 Å². The average Bonchev–Trinajstić information content (AvgIpc) is 2.24. The molecule has 1 aliphatic rings. The summed E-state index contributed by atoms with van der Waals surface area (Å²) in [5.41, 5.74) is 0. The minimum atomic E-state index is 0. The fourth-order valence-electron chi connectivity index (χ4n) is 0.988. The molecule has 0 bridgehead atoms. The first-order valence-electron chi connectivity index (χ1n) is 4.41. The third-order valence-corrected chi connectivity index (χ3v) is 1.62. The van der Waals surface area contributed by atoms with Gasteiger partial charge in [-0.2, -0.15) is 0 Å². The van der Waals surface area contributed by atoms with Crippen LogP contribution in [-0.2, 0) is 0 Å². The van der Waals surface area contributed by atoms with Gasteiger partial charge in [-0.15, -0.1) is 0 Å². The Hall–Kier alpha value is -0.900. The van der Waals surface area contributed by atoms with Crippen molar-refractivity contribution in [3.05, 3.63) is 36.4 Å². The standard InChI is InChI=1S/C6H6.C4H10N2.H2O/c1-2-4-6-5-3-1;1-2-6-4-3-5-1;/h1-6H;5-6H,1-4H2;1H2. The first-order valence-corrected chi connectivity index (χ1v) is 4.41. The van der Waals surface area contributed by atoms with E-state index >= 15 is 0 Å². The zero-order chi connectivity index (χ0) is 8.49. The molecule has 0 atom stereocenters. The van der Waals surface area contributed by atoms with Crippen LogP contribution in [0.3, 0.4) is 0 Å². The van der Waals surface area contributed by atoms with E-state index in [2.05, 4.69) is 10.6 Å². The molecule has 1 aromatic carbocycles. The molecule has 0 spiro atoms. The van der Waals surface area contributed by atoms with E-state index in [9.17, 15) is 0 Å². The molecule has 0 radical (unpaired) electrons. The second-order valence-electron chi connectivity index (χ2n) is 2.65. The van der Waals surface area contributed by atoms with Crippen molar-refractivity contribution in [2.75, 3.05) is 26.2 Å². The molecule has 1 aromatic rings. The molecule has 0 aromatic heterocycles. The predicted octanol–water partition coefficient (Wildman–Crippen LogP) is 0.0411. The van der Waals surface area contributed by atoms with E-state index in [4.69, 9.17) is 0 Å². The minimum absolute atomic E-state index is 0. The molecule has 2 rings (SSSR count). The Bertz CT molecular complexity index is 137. The van der Waals surface area contributed by atoms with E-state index in [0.717, 1.165) is 26.2 Å². The molecule has 1 heterocycles. The SMILES string of the molecule is C1CNCCN1.O.c1ccccc1. The van der Waals surface area contributed by atoms with Gasteiger partial charge in [0.15, 0.2) is 0 Å². The summed E-state index contributed by atoms with van der Waals surface area (Å²) in [6.07, 6.45) is 0. The number of piperazine rings is 1. The summed E-state index contributed by atoms with van der Waals surface area (Å²) >= 11 is 0. The highest BCUT2D eigenvalue weighted by molar-refractivity contribution is 4.99. The molecule has 0 unspecified atom stereocenters. The Labute approximate surface area is 79.5 Å². The third-order valence-electron chi connectivity index (χ3n) is 1.62. The smallest absolute Gasteiger partial charge is 0.00772 e. The zero-order valence-electron chi connectivity index (χ0n) is 7.79. The molecule has 1 aliphatic heterocycles. The number of hydrogen-bond donors (Lipinski definition) is 2. The van der Waals surface area contributed by atoms with Crippen LogP contribution in [0.5, 0.6) is 0 Å². The van der Waals surface area contributed by atoms with Gasteiger partial charge in [0, 0.05) is 26.2 Å². The molecule has 3 heteroatoms. The molecule has 74 valence electrons. The van der Waals surface area contributed by atoms with Gasteiger partial charge in [0.2, 0.25) is 0 Å². The van der Waals surface area contributed by atoms with E-state index in [1.54, 1.807) is 0 Å². The lowest BCUT2D eigenvalue weighted by atomic mass is 10.4. The fraction of sp³-hybridized carbons (Fsp3) is 0.400. The lowest BCUT2D eigenvalue weighted by Gasteiger charge is -2.11. The van der Waals surface area contributed by atoms with Crippen molar-refractivity contribution >= 4 is 0 Å². The van der Waals surface area contributed by atoms with Gasteiger partial charge in [0.1, 0.15) is 0 Å². The first-order chi connectivity index (χ1) is 6.00. The molecule has 1 saturated heterocycles. The van der Waals surface area contributed by atoms with Gasteiger partial charge in [-0.1, -0.05) is 36.4 Å². The van der Waals surface area contributed by atoms with Gasteiger partial charge in [0.05, 0.1) is 0 Å². The van der Waals surface area contributed by atoms with Crippen LogP contribution in [0.4, 0.5) is 0 Å². The molecule has 13 heavy (non-hydrogen) atoms. The van der Waals surface area contributed by atoms with Crippen LogP contribution >= 0.6 is 0 Å². The molecule has 3 nitrogen and oxygen atoms in total. The molecular formula is C10H18N2O. The maximum Gasteiger partial charge on any atom is 0.00772 e. The van der Waals surface area contributed by atoms with Gasteiger partial charge in [-0.05, 0) is 0 Å². The van der Waals surface area contributed by atoms with Crippen LogP contribution in [-0.4, -0.2) is 31.7 Å². The summed E-state index contributed by atoms with van der Waals surface area (Å²) < 4.78 is 0.